The summed E-state index contributed by atoms with van der Waals surface area (Å²) < 4.78 is 73.5. The fourth-order valence-corrected chi connectivity index (χ4v) is 6.89. The lowest BCUT2D eigenvalue weighted by Crippen LogP contribution is -2.54. The van der Waals surface area contributed by atoms with Gasteiger partial charge in [0.25, 0.3) is 5.92 Å². The van der Waals surface area contributed by atoms with Crippen LogP contribution >= 0.6 is 11.3 Å². The molecule has 0 aliphatic carbocycles. The van der Waals surface area contributed by atoms with Gasteiger partial charge in [0.2, 0.25) is 0 Å². The number of benzene rings is 2. The molecular weight excluding hydrogens is 509 g/mol. The number of likely N-dealkylation sites (tertiary alicyclic amines) is 1. The molecule has 0 amide bonds. The van der Waals surface area contributed by atoms with Gasteiger partial charge in [0.1, 0.15) is 18.2 Å². The third-order valence-corrected chi connectivity index (χ3v) is 8.57. The van der Waals surface area contributed by atoms with Gasteiger partial charge in [0.05, 0.1) is 25.3 Å². The lowest BCUT2D eigenvalue weighted by Gasteiger charge is -2.42. The summed E-state index contributed by atoms with van der Waals surface area (Å²) in [5.74, 6) is -5.04. The molecule has 3 aromatic rings. The van der Waals surface area contributed by atoms with Gasteiger partial charge in [0, 0.05) is 46.5 Å². The van der Waals surface area contributed by atoms with E-state index in [4.69, 9.17) is 0 Å². The van der Waals surface area contributed by atoms with E-state index < -0.39 is 42.8 Å². The van der Waals surface area contributed by atoms with Crippen LogP contribution in [-0.2, 0) is 6.42 Å². The molecular formula is C27H30F5N3OS. The Morgan fingerprint density at radius 3 is 2.51 bits per heavy atom. The molecule has 0 spiro atoms. The number of thiophene rings is 1. The van der Waals surface area contributed by atoms with E-state index in [1.165, 1.54) is 28.4 Å². The highest BCUT2D eigenvalue weighted by Crippen LogP contribution is 2.47. The second-order valence-corrected chi connectivity index (χ2v) is 11.2. The van der Waals surface area contributed by atoms with Crippen LogP contribution in [0.3, 0.4) is 0 Å². The van der Waals surface area contributed by atoms with Crippen molar-refractivity contribution >= 4 is 27.1 Å². The second kappa shape index (κ2) is 10.5. The molecule has 0 unspecified atom stereocenters. The summed E-state index contributed by atoms with van der Waals surface area (Å²) in [6.45, 7) is 1.17. The first kappa shape index (κ1) is 26.3. The number of hydrogen-bond donors (Lipinski definition) is 2. The van der Waals surface area contributed by atoms with Gasteiger partial charge < -0.3 is 10.4 Å². The second-order valence-electron chi connectivity index (χ2n) is 10.1. The maximum absolute atomic E-state index is 15.7. The molecule has 10 heteroatoms. The Morgan fingerprint density at radius 2 is 1.84 bits per heavy atom. The predicted octanol–water partition coefficient (Wildman–Crippen LogP) is 5.60. The van der Waals surface area contributed by atoms with Crippen molar-refractivity contribution in [1.29, 1.82) is 0 Å². The minimum absolute atomic E-state index is 0.00657. The predicted molar refractivity (Wildman–Crippen MR) is 136 cm³/mol. The van der Waals surface area contributed by atoms with E-state index in [1.807, 2.05) is 24.3 Å². The van der Waals surface area contributed by atoms with Crippen molar-refractivity contribution in [3.8, 4) is 0 Å². The number of alkyl halides is 3. The minimum atomic E-state index is -3.42. The number of rotatable bonds is 9. The van der Waals surface area contributed by atoms with Crippen LogP contribution in [0.5, 0.6) is 0 Å². The summed E-state index contributed by atoms with van der Waals surface area (Å²) in [5, 5.41) is 13.3. The van der Waals surface area contributed by atoms with Crippen LogP contribution < -0.4 is 5.32 Å². The van der Waals surface area contributed by atoms with Gasteiger partial charge in [-0.1, -0.05) is 18.2 Å². The molecule has 2 atom stereocenters. The number of nitrogens with one attached hydrogen (secondary N) is 1. The molecule has 3 heterocycles. The van der Waals surface area contributed by atoms with Crippen molar-refractivity contribution in [3.63, 3.8) is 0 Å². The van der Waals surface area contributed by atoms with Gasteiger partial charge >= 0.3 is 0 Å². The first-order valence-corrected chi connectivity index (χ1v) is 13.3. The maximum atomic E-state index is 15.7. The summed E-state index contributed by atoms with van der Waals surface area (Å²) in [4.78, 5) is 4.12. The van der Waals surface area contributed by atoms with Crippen LogP contribution in [0, 0.1) is 11.6 Å². The third-order valence-electron chi connectivity index (χ3n) is 7.31. The molecule has 37 heavy (non-hydrogen) atoms. The van der Waals surface area contributed by atoms with Crippen molar-refractivity contribution in [2.45, 2.75) is 43.8 Å². The Bertz CT molecular complexity index is 1240. The lowest BCUT2D eigenvalue weighted by atomic mass is 9.88. The third kappa shape index (κ3) is 5.21. The van der Waals surface area contributed by atoms with E-state index in [1.54, 1.807) is 6.92 Å². The molecule has 5 rings (SSSR count). The van der Waals surface area contributed by atoms with Crippen LogP contribution in [0.15, 0.2) is 36.4 Å². The molecule has 1 aromatic heterocycles. The largest absolute Gasteiger partial charge is 0.390 e. The first-order valence-electron chi connectivity index (χ1n) is 12.5. The number of aliphatic hydroxyl groups is 1. The topological polar surface area (TPSA) is 38.7 Å². The molecule has 1 saturated heterocycles. The van der Waals surface area contributed by atoms with Crippen molar-refractivity contribution in [1.82, 2.24) is 9.80 Å². The van der Waals surface area contributed by atoms with Crippen LogP contribution in [0.1, 0.15) is 35.4 Å². The van der Waals surface area contributed by atoms with E-state index in [2.05, 4.69) is 10.2 Å². The fourth-order valence-electron chi connectivity index (χ4n) is 5.52. The van der Waals surface area contributed by atoms with E-state index in [0.29, 0.717) is 37.4 Å². The van der Waals surface area contributed by atoms with Gasteiger partial charge in [-0.25, -0.2) is 17.6 Å². The number of halogens is 5. The Kier molecular flexibility index (Phi) is 7.46. The highest BCUT2D eigenvalue weighted by Gasteiger charge is 2.43. The molecule has 2 aliphatic rings. The molecule has 0 radical (unpaired) electrons. The van der Waals surface area contributed by atoms with Gasteiger partial charge in [-0.15, -0.1) is 11.3 Å². The van der Waals surface area contributed by atoms with E-state index in [-0.39, 0.29) is 24.0 Å². The molecule has 0 saturated carbocycles. The van der Waals surface area contributed by atoms with Crippen molar-refractivity contribution in [2.24, 2.45) is 0 Å². The summed E-state index contributed by atoms with van der Waals surface area (Å²) in [6.07, 6.45) is 0.914. The molecule has 200 valence electrons. The average Bonchev–Trinajstić information content (AvgIpc) is 3.19. The normalized spacial score (nSPS) is 21.3. The van der Waals surface area contributed by atoms with Crippen molar-refractivity contribution < 1.29 is 27.1 Å². The minimum Gasteiger partial charge on any atom is -0.390 e. The zero-order chi connectivity index (χ0) is 26.3. The smallest absolute Gasteiger partial charge is 0.283 e. The standard InChI is InChI=1S/C27H30F5N3OS/c1-16-9-20-19-5-2-3-6-23(19)37-26(20)25(35(16)14-27(31,32)15-36)24-21(29)10-17(11-22(24)30)33-18-12-34(13-18)8-4-7-28/h2-3,5-6,10-11,16,18,25,33,36H,4,7-9,12-15H2,1H3/t16-,25-/m0/s1. The molecule has 2 aromatic carbocycles. The van der Waals surface area contributed by atoms with Crippen LogP contribution in [0.25, 0.3) is 10.1 Å². The SMILES string of the molecule is C[C@H]1Cc2c(sc3ccccc23)[C@H](c2c(F)cc(NC3CN(CCCF)C3)cc2F)N1CC(F)(F)CO. The highest BCUT2D eigenvalue weighted by molar-refractivity contribution is 7.19. The zero-order valence-electron chi connectivity index (χ0n) is 20.5. The van der Waals surface area contributed by atoms with E-state index >= 15 is 8.78 Å². The summed E-state index contributed by atoms with van der Waals surface area (Å²) >= 11 is 1.36. The number of fused-ring (bicyclic) bond motifs is 3. The van der Waals surface area contributed by atoms with E-state index in [9.17, 15) is 18.3 Å². The van der Waals surface area contributed by atoms with Crippen LogP contribution in [-0.4, -0.2) is 72.4 Å². The van der Waals surface area contributed by atoms with Crippen molar-refractivity contribution in [3.05, 3.63) is 64.0 Å². The molecule has 2 aliphatic heterocycles. The van der Waals surface area contributed by atoms with Gasteiger partial charge in [-0.05, 0) is 48.9 Å². The first-order chi connectivity index (χ1) is 17.7. The highest BCUT2D eigenvalue weighted by atomic mass is 32.1. The molecule has 1 fully saturated rings. The lowest BCUT2D eigenvalue weighted by molar-refractivity contribution is -0.0863. The van der Waals surface area contributed by atoms with Crippen LogP contribution in [0.4, 0.5) is 27.6 Å². The zero-order valence-corrected chi connectivity index (χ0v) is 21.3. The monoisotopic (exact) mass is 539 g/mol. The maximum Gasteiger partial charge on any atom is 0.283 e. The number of aliphatic hydroxyl groups excluding tert-OH is 1. The van der Waals surface area contributed by atoms with Gasteiger partial charge in [0.15, 0.2) is 0 Å². The molecule has 2 N–H and O–H groups in total. The fraction of sp³-hybridized carbons (Fsp3) is 0.481. The van der Waals surface area contributed by atoms with Gasteiger partial charge in [-0.2, -0.15) is 0 Å². The molecule has 4 nitrogen and oxygen atoms in total. The van der Waals surface area contributed by atoms with Gasteiger partial charge in [-0.3, -0.25) is 14.2 Å². The number of hydrogen-bond acceptors (Lipinski definition) is 5. The summed E-state index contributed by atoms with van der Waals surface area (Å²) in [7, 11) is 0. The van der Waals surface area contributed by atoms with Crippen LogP contribution in [0.2, 0.25) is 0 Å². The Hall–Kier alpha value is -2.27. The Morgan fingerprint density at radius 1 is 1.14 bits per heavy atom. The molecule has 0 bridgehead atoms. The summed E-state index contributed by atoms with van der Waals surface area (Å²) in [6, 6.07) is 8.58. The van der Waals surface area contributed by atoms with E-state index in [0.717, 1.165) is 15.6 Å². The number of anilines is 1. The quantitative estimate of drug-likeness (QED) is 0.348. The Balaban J connectivity index is 1.50. The van der Waals surface area contributed by atoms with Crippen molar-refractivity contribution in [2.75, 3.05) is 44.8 Å². The summed E-state index contributed by atoms with van der Waals surface area (Å²) in [5.41, 5.74) is 0.934. The number of nitrogens with zero attached hydrogens (tertiary/aromatic N) is 2. The average molecular weight is 540 g/mol. The Labute approximate surface area is 216 Å².